The van der Waals surface area contributed by atoms with Gasteiger partial charge in [0.15, 0.2) is 0 Å². The number of halogens is 1. The van der Waals surface area contributed by atoms with Crippen molar-refractivity contribution in [3.8, 4) is 0 Å². The molecule has 0 aliphatic carbocycles. The van der Waals surface area contributed by atoms with Gasteiger partial charge in [0.05, 0.1) is 6.04 Å². The van der Waals surface area contributed by atoms with Crippen LogP contribution in [0.15, 0.2) is 12.1 Å². The molecular weight excluding hydrogens is 284 g/mol. The fraction of sp³-hybridized carbons (Fsp3) is 0.588. The van der Waals surface area contributed by atoms with Crippen LogP contribution in [0, 0.1) is 5.92 Å². The zero-order chi connectivity index (χ0) is 14.3. The topological polar surface area (TPSA) is 32.3 Å². The molecule has 1 aromatic rings. The minimum Gasteiger partial charge on any atom is -0.329 e. The van der Waals surface area contributed by atoms with Crippen LogP contribution in [0.25, 0.3) is 0 Å². The minimum atomic E-state index is 0. The van der Waals surface area contributed by atoms with Gasteiger partial charge in [-0.05, 0) is 35.4 Å². The summed E-state index contributed by atoms with van der Waals surface area (Å²) in [7, 11) is 0. The van der Waals surface area contributed by atoms with Crippen LogP contribution in [0.3, 0.4) is 0 Å². The van der Waals surface area contributed by atoms with Gasteiger partial charge in [0, 0.05) is 25.2 Å². The normalized spacial score (nSPS) is 20.3. The molecule has 1 aromatic carbocycles. The minimum absolute atomic E-state index is 0. The molecule has 3 rings (SSSR count). The van der Waals surface area contributed by atoms with Gasteiger partial charge >= 0.3 is 0 Å². The van der Waals surface area contributed by atoms with E-state index in [1.165, 1.54) is 16.7 Å². The number of nitrogens with zero attached hydrogens (tertiary/aromatic N) is 1. The smallest absolute Gasteiger partial charge is 0.255 e. The van der Waals surface area contributed by atoms with Crippen LogP contribution in [0.5, 0.6) is 0 Å². The molecule has 4 heteroatoms. The third-order valence-electron chi connectivity index (χ3n) is 4.42. The summed E-state index contributed by atoms with van der Waals surface area (Å²) in [6.07, 6.45) is 2.03. The lowest BCUT2D eigenvalue weighted by Crippen LogP contribution is -2.44. The van der Waals surface area contributed by atoms with Crippen molar-refractivity contribution in [3.05, 3.63) is 34.4 Å². The highest BCUT2D eigenvalue weighted by atomic mass is 35.5. The Morgan fingerprint density at radius 3 is 2.81 bits per heavy atom. The molecule has 0 saturated carbocycles. The van der Waals surface area contributed by atoms with Crippen molar-refractivity contribution >= 4 is 18.3 Å². The highest BCUT2D eigenvalue weighted by Crippen LogP contribution is 2.37. The number of piperazine rings is 1. The molecular formula is C17H25ClN2O. The number of amides is 1. The Balaban J connectivity index is 0.00000161. The van der Waals surface area contributed by atoms with Crippen LogP contribution in [-0.4, -0.2) is 30.4 Å². The average molecular weight is 309 g/mol. The average Bonchev–Trinajstić information content (AvgIpc) is 2.72. The summed E-state index contributed by atoms with van der Waals surface area (Å²) in [5, 5.41) is 3.42. The molecule has 1 atom stereocenters. The molecule has 0 aromatic heterocycles. The number of carbonyl (C=O) groups is 1. The van der Waals surface area contributed by atoms with E-state index in [2.05, 4.69) is 43.1 Å². The van der Waals surface area contributed by atoms with E-state index in [9.17, 15) is 4.79 Å². The predicted octanol–water partition coefficient (Wildman–Crippen LogP) is 2.97. The van der Waals surface area contributed by atoms with Gasteiger partial charge in [-0.3, -0.25) is 4.79 Å². The summed E-state index contributed by atoms with van der Waals surface area (Å²) < 4.78 is 0. The summed E-state index contributed by atoms with van der Waals surface area (Å²) in [5.74, 6) is 0.833. The van der Waals surface area contributed by atoms with Gasteiger partial charge in [-0.2, -0.15) is 0 Å². The number of benzene rings is 1. The molecule has 2 heterocycles. The van der Waals surface area contributed by atoms with Crippen molar-refractivity contribution in [3.63, 3.8) is 0 Å². The van der Waals surface area contributed by atoms with Crippen LogP contribution in [0.1, 0.15) is 53.9 Å². The predicted molar refractivity (Wildman–Crippen MR) is 88.3 cm³/mol. The first-order valence-corrected chi connectivity index (χ1v) is 7.79. The van der Waals surface area contributed by atoms with E-state index in [4.69, 9.17) is 0 Å². The monoisotopic (exact) mass is 308 g/mol. The van der Waals surface area contributed by atoms with Gasteiger partial charge in [-0.1, -0.05) is 32.9 Å². The molecule has 1 saturated heterocycles. The molecule has 21 heavy (non-hydrogen) atoms. The Morgan fingerprint density at radius 1 is 1.38 bits per heavy atom. The van der Waals surface area contributed by atoms with Crippen molar-refractivity contribution in [2.45, 2.75) is 39.7 Å². The molecule has 1 amide bonds. The zero-order valence-electron chi connectivity index (χ0n) is 13.1. The third kappa shape index (κ3) is 2.82. The van der Waals surface area contributed by atoms with Crippen molar-refractivity contribution in [2.75, 3.05) is 19.6 Å². The number of nitrogens with one attached hydrogen (secondary N) is 1. The van der Waals surface area contributed by atoms with Crippen LogP contribution < -0.4 is 5.32 Å². The number of rotatable bonds is 3. The number of fused-ring (bicyclic) bond motifs is 3. The molecule has 116 valence electrons. The Hall–Kier alpha value is -1.06. The Bertz CT molecular complexity index is 542. The summed E-state index contributed by atoms with van der Waals surface area (Å²) in [6, 6.07) is 4.76. The lowest BCUT2D eigenvalue weighted by Gasteiger charge is -2.30. The zero-order valence-corrected chi connectivity index (χ0v) is 13.9. The van der Waals surface area contributed by atoms with E-state index < -0.39 is 0 Å². The Kier molecular flexibility index (Phi) is 4.95. The maximum Gasteiger partial charge on any atom is 0.255 e. The quantitative estimate of drug-likeness (QED) is 0.931. The van der Waals surface area contributed by atoms with Gasteiger partial charge in [0.25, 0.3) is 5.91 Å². The van der Waals surface area contributed by atoms with Crippen LogP contribution in [-0.2, 0) is 12.8 Å². The first kappa shape index (κ1) is 16.3. The molecule has 0 spiro atoms. The molecule has 2 aliphatic rings. The van der Waals surface area contributed by atoms with Crippen molar-refractivity contribution < 1.29 is 4.79 Å². The molecule has 0 unspecified atom stereocenters. The van der Waals surface area contributed by atoms with Crippen molar-refractivity contribution in [1.82, 2.24) is 10.2 Å². The highest BCUT2D eigenvalue weighted by Gasteiger charge is 2.39. The first-order chi connectivity index (χ1) is 9.61. The Labute approximate surface area is 133 Å². The highest BCUT2D eigenvalue weighted by molar-refractivity contribution is 6.01. The standard InChI is InChI=1S/C17H24N2O.ClH/c1-4-12-8-13(7-11(2)3)16-14(9-12)15-10-18-5-6-19(15)17(16)20;/h8-9,11,15,18H,4-7,10H2,1-3H3;1H/t15-;/m1./s1. The second kappa shape index (κ2) is 6.37. The molecule has 0 bridgehead atoms. The van der Waals surface area contributed by atoms with Crippen LogP contribution in [0.2, 0.25) is 0 Å². The largest absolute Gasteiger partial charge is 0.329 e. The van der Waals surface area contributed by atoms with Crippen LogP contribution in [0.4, 0.5) is 0 Å². The maximum atomic E-state index is 12.7. The van der Waals surface area contributed by atoms with E-state index in [0.717, 1.165) is 38.0 Å². The lowest BCUT2D eigenvalue weighted by atomic mass is 9.90. The van der Waals surface area contributed by atoms with Gasteiger partial charge in [-0.15, -0.1) is 12.4 Å². The second-order valence-electron chi connectivity index (χ2n) is 6.39. The van der Waals surface area contributed by atoms with E-state index in [1.54, 1.807) is 0 Å². The van der Waals surface area contributed by atoms with E-state index in [-0.39, 0.29) is 24.4 Å². The molecule has 2 aliphatic heterocycles. The first-order valence-electron chi connectivity index (χ1n) is 7.79. The van der Waals surface area contributed by atoms with E-state index >= 15 is 0 Å². The number of hydrogen-bond acceptors (Lipinski definition) is 2. The molecule has 3 nitrogen and oxygen atoms in total. The maximum absolute atomic E-state index is 12.7. The van der Waals surface area contributed by atoms with Crippen LogP contribution >= 0.6 is 12.4 Å². The van der Waals surface area contributed by atoms with Gasteiger partial charge in [0.1, 0.15) is 0 Å². The Morgan fingerprint density at radius 2 is 2.14 bits per heavy atom. The molecule has 0 radical (unpaired) electrons. The summed E-state index contributed by atoms with van der Waals surface area (Å²) in [4.78, 5) is 14.8. The fourth-order valence-electron chi connectivity index (χ4n) is 3.49. The van der Waals surface area contributed by atoms with Gasteiger partial charge < -0.3 is 10.2 Å². The number of aryl methyl sites for hydroxylation is 1. The fourth-order valence-corrected chi connectivity index (χ4v) is 3.49. The van der Waals surface area contributed by atoms with Gasteiger partial charge in [0.2, 0.25) is 0 Å². The van der Waals surface area contributed by atoms with E-state index in [0.29, 0.717) is 5.92 Å². The SMILES string of the molecule is CCc1cc(CC(C)C)c2c(c1)[C@H]1CNCCN1C2=O.Cl. The van der Waals surface area contributed by atoms with Crippen molar-refractivity contribution in [2.24, 2.45) is 5.92 Å². The second-order valence-corrected chi connectivity index (χ2v) is 6.39. The summed E-state index contributed by atoms with van der Waals surface area (Å²) >= 11 is 0. The van der Waals surface area contributed by atoms with Gasteiger partial charge in [-0.25, -0.2) is 0 Å². The van der Waals surface area contributed by atoms with E-state index in [1.807, 2.05) is 0 Å². The van der Waals surface area contributed by atoms with Crippen molar-refractivity contribution in [1.29, 1.82) is 0 Å². The third-order valence-corrected chi connectivity index (χ3v) is 4.42. The molecule has 1 N–H and O–H groups in total. The number of hydrogen-bond donors (Lipinski definition) is 1. The molecule has 1 fully saturated rings. The lowest BCUT2D eigenvalue weighted by molar-refractivity contribution is 0.0690. The number of carbonyl (C=O) groups excluding carboxylic acids is 1. The summed E-state index contributed by atoms with van der Waals surface area (Å²) in [6.45, 7) is 9.28. The summed E-state index contributed by atoms with van der Waals surface area (Å²) in [5.41, 5.74) is 4.88.